The maximum Gasteiger partial charge on any atom is 0.317 e. The number of carbonyl (C=O) groups is 2. The molecule has 0 heterocycles. The molecule has 0 radical (unpaired) electrons. The van der Waals surface area contributed by atoms with Crippen molar-refractivity contribution in [1.29, 1.82) is 0 Å². The smallest absolute Gasteiger partial charge is 0.317 e. The Morgan fingerprint density at radius 3 is 2.22 bits per heavy atom. The first kappa shape index (κ1) is 16.5. The van der Waals surface area contributed by atoms with Gasteiger partial charge in [-0.3, -0.25) is 9.59 Å². The third kappa shape index (κ3) is 5.44. The molecule has 0 saturated carbocycles. The lowest BCUT2D eigenvalue weighted by Gasteiger charge is -2.12. The molecule has 0 amide bonds. The van der Waals surface area contributed by atoms with Gasteiger partial charge in [-0.25, -0.2) is 0 Å². The Hall–Kier alpha value is -2.86. The molecule has 0 spiro atoms. The van der Waals surface area contributed by atoms with Crippen LogP contribution in [0, 0.1) is 17.8 Å². The van der Waals surface area contributed by atoms with Crippen molar-refractivity contribution in [1.82, 2.24) is 0 Å². The summed E-state index contributed by atoms with van der Waals surface area (Å²) in [6.45, 7) is 1.39. The summed E-state index contributed by atoms with van der Waals surface area (Å²) in [5.41, 5.74) is 1.79. The van der Waals surface area contributed by atoms with Gasteiger partial charge in [-0.1, -0.05) is 60.4 Å². The number of hydrogen-bond donors (Lipinski definition) is 0. The van der Waals surface area contributed by atoms with Crippen molar-refractivity contribution in [3.05, 3.63) is 71.8 Å². The molecule has 1 unspecified atom stereocenters. The molecule has 0 saturated heterocycles. The van der Waals surface area contributed by atoms with E-state index in [0.717, 1.165) is 11.1 Å². The lowest BCUT2D eigenvalue weighted by atomic mass is 9.96. The van der Waals surface area contributed by atoms with E-state index in [1.807, 2.05) is 60.7 Å². The second kappa shape index (κ2) is 8.55. The molecule has 1 atom stereocenters. The van der Waals surface area contributed by atoms with Crippen LogP contribution in [0.1, 0.15) is 18.1 Å². The second-order valence-corrected chi connectivity index (χ2v) is 5.13. The van der Waals surface area contributed by atoms with E-state index >= 15 is 0 Å². The van der Waals surface area contributed by atoms with Crippen LogP contribution >= 0.6 is 0 Å². The Kier molecular flexibility index (Phi) is 6.14. The summed E-state index contributed by atoms with van der Waals surface area (Å²) in [5, 5.41) is 0. The predicted molar refractivity (Wildman–Crippen MR) is 88.6 cm³/mol. The Balaban J connectivity index is 1.91. The van der Waals surface area contributed by atoms with Crippen molar-refractivity contribution in [3.63, 3.8) is 0 Å². The maximum absolute atomic E-state index is 12.1. The Morgan fingerprint density at radius 1 is 1.00 bits per heavy atom. The van der Waals surface area contributed by atoms with E-state index in [1.165, 1.54) is 6.92 Å². The van der Waals surface area contributed by atoms with Crippen molar-refractivity contribution < 1.29 is 14.3 Å². The van der Waals surface area contributed by atoms with Crippen molar-refractivity contribution in [2.24, 2.45) is 5.92 Å². The van der Waals surface area contributed by atoms with Gasteiger partial charge in [0, 0.05) is 5.56 Å². The minimum atomic E-state index is -0.782. The zero-order valence-corrected chi connectivity index (χ0v) is 13.0. The molecule has 0 N–H and O–H groups in total. The fourth-order valence-electron chi connectivity index (χ4n) is 2.11. The van der Waals surface area contributed by atoms with Gasteiger partial charge >= 0.3 is 5.97 Å². The van der Waals surface area contributed by atoms with E-state index in [9.17, 15) is 9.59 Å². The first-order valence-corrected chi connectivity index (χ1v) is 7.42. The van der Waals surface area contributed by atoms with Gasteiger partial charge in [0.25, 0.3) is 0 Å². The van der Waals surface area contributed by atoms with Gasteiger partial charge in [-0.05, 0) is 31.0 Å². The molecule has 2 aromatic carbocycles. The molecule has 0 aromatic heterocycles. The average molecular weight is 306 g/mol. The number of carbonyl (C=O) groups excluding carboxylic acids is 2. The van der Waals surface area contributed by atoms with Gasteiger partial charge in [0.05, 0.1) is 0 Å². The number of Topliss-reactive ketones (excluding diaryl/α,β-unsaturated/α-hetero) is 1. The van der Waals surface area contributed by atoms with Crippen LogP contribution in [0.2, 0.25) is 0 Å². The highest BCUT2D eigenvalue weighted by Gasteiger charge is 2.24. The predicted octanol–water partition coefficient (Wildman–Crippen LogP) is 3.03. The van der Waals surface area contributed by atoms with E-state index in [0.29, 0.717) is 6.42 Å². The van der Waals surface area contributed by atoms with Crippen molar-refractivity contribution in [2.75, 3.05) is 6.61 Å². The van der Waals surface area contributed by atoms with Crippen LogP contribution in [-0.2, 0) is 20.7 Å². The monoisotopic (exact) mass is 306 g/mol. The van der Waals surface area contributed by atoms with Crippen LogP contribution in [0.3, 0.4) is 0 Å². The van der Waals surface area contributed by atoms with Crippen molar-refractivity contribution >= 4 is 11.8 Å². The SMILES string of the molecule is CC(=O)C(Cc1ccccc1)C(=O)OCC#Cc1ccccc1. The number of hydrogen-bond acceptors (Lipinski definition) is 3. The van der Waals surface area contributed by atoms with Gasteiger partial charge in [0.15, 0.2) is 6.61 Å². The molecule has 0 bridgehead atoms. The van der Waals surface area contributed by atoms with E-state index < -0.39 is 11.9 Å². The zero-order chi connectivity index (χ0) is 16.5. The first-order valence-electron chi connectivity index (χ1n) is 7.42. The van der Waals surface area contributed by atoms with Gasteiger partial charge in [-0.15, -0.1) is 0 Å². The topological polar surface area (TPSA) is 43.4 Å². The van der Waals surface area contributed by atoms with E-state index in [-0.39, 0.29) is 12.4 Å². The Morgan fingerprint density at radius 2 is 1.61 bits per heavy atom. The summed E-state index contributed by atoms with van der Waals surface area (Å²) in [7, 11) is 0. The number of ketones is 1. The molecule has 3 nitrogen and oxygen atoms in total. The number of rotatable bonds is 5. The molecule has 0 aliphatic heterocycles. The van der Waals surface area contributed by atoms with E-state index in [2.05, 4.69) is 11.8 Å². The number of benzene rings is 2. The van der Waals surface area contributed by atoms with Crippen LogP contribution in [0.25, 0.3) is 0 Å². The van der Waals surface area contributed by atoms with E-state index in [1.54, 1.807) is 0 Å². The second-order valence-electron chi connectivity index (χ2n) is 5.13. The minimum Gasteiger partial charge on any atom is -0.452 e. The summed E-state index contributed by atoms with van der Waals surface area (Å²) >= 11 is 0. The first-order chi connectivity index (χ1) is 11.2. The Bertz CT molecular complexity index is 709. The Labute approximate surface area is 136 Å². The normalized spacial score (nSPS) is 11.0. The summed E-state index contributed by atoms with van der Waals surface area (Å²) < 4.78 is 5.13. The molecule has 0 aliphatic rings. The fraction of sp³-hybridized carbons (Fsp3) is 0.200. The van der Waals surface area contributed by atoms with E-state index in [4.69, 9.17) is 4.74 Å². The molecule has 23 heavy (non-hydrogen) atoms. The largest absolute Gasteiger partial charge is 0.452 e. The van der Waals surface area contributed by atoms with Gasteiger partial charge in [-0.2, -0.15) is 0 Å². The van der Waals surface area contributed by atoms with Crippen LogP contribution in [0.4, 0.5) is 0 Å². The highest BCUT2D eigenvalue weighted by Crippen LogP contribution is 2.11. The van der Waals surface area contributed by atoms with Crippen LogP contribution < -0.4 is 0 Å². The van der Waals surface area contributed by atoms with Gasteiger partial charge < -0.3 is 4.74 Å². The maximum atomic E-state index is 12.1. The third-order valence-corrected chi connectivity index (χ3v) is 3.35. The summed E-state index contributed by atoms with van der Waals surface area (Å²) in [6, 6.07) is 18.9. The van der Waals surface area contributed by atoms with Gasteiger partial charge in [0.2, 0.25) is 0 Å². The lowest BCUT2D eigenvalue weighted by Crippen LogP contribution is -2.26. The molecule has 2 aromatic rings. The summed E-state index contributed by atoms with van der Waals surface area (Å²) in [6.07, 6.45) is 0.348. The number of esters is 1. The van der Waals surface area contributed by atoms with Crippen LogP contribution in [-0.4, -0.2) is 18.4 Å². The summed E-state index contributed by atoms with van der Waals surface area (Å²) in [4.78, 5) is 23.8. The highest BCUT2D eigenvalue weighted by atomic mass is 16.5. The van der Waals surface area contributed by atoms with Crippen molar-refractivity contribution in [2.45, 2.75) is 13.3 Å². The van der Waals surface area contributed by atoms with Crippen LogP contribution in [0.5, 0.6) is 0 Å². The fourth-order valence-corrected chi connectivity index (χ4v) is 2.11. The van der Waals surface area contributed by atoms with Crippen LogP contribution in [0.15, 0.2) is 60.7 Å². The molecule has 0 fully saturated rings. The lowest BCUT2D eigenvalue weighted by molar-refractivity contribution is -0.150. The minimum absolute atomic E-state index is 0.0215. The average Bonchev–Trinajstić information content (AvgIpc) is 2.58. The van der Waals surface area contributed by atoms with Gasteiger partial charge in [0.1, 0.15) is 11.7 Å². The number of ether oxygens (including phenoxy) is 1. The molecule has 116 valence electrons. The standard InChI is InChI=1S/C20H18O3/c1-16(21)19(15-18-11-6-3-7-12-18)20(22)23-14-8-13-17-9-4-2-5-10-17/h2-7,9-12,19H,14-15H2,1H3. The molecule has 3 heteroatoms. The molecular formula is C20H18O3. The quantitative estimate of drug-likeness (QED) is 0.484. The molecule has 0 aliphatic carbocycles. The highest BCUT2D eigenvalue weighted by molar-refractivity contribution is 5.98. The summed E-state index contributed by atoms with van der Waals surface area (Å²) in [5.74, 6) is 4.19. The van der Waals surface area contributed by atoms with Crippen molar-refractivity contribution in [3.8, 4) is 11.8 Å². The zero-order valence-electron chi connectivity index (χ0n) is 13.0. The molecular weight excluding hydrogens is 288 g/mol. The third-order valence-electron chi connectivity index (χ3n) is 3.35. The molecule has 2 rings (SSSR count).